The lowest BCUT2D eigenvalue weighted by Gasteiger charge is -2.20. The molecule has 1 aliphatic carbocycles. The molecule has 4 rings (SSSR count). The van der Waals surface area contributed by atoms with Crippen molar-refractivity contribution in [3.63, 3.8) is 0 Å². The number of esters is 1. The van der Waals surface area contributed by atoms with E-state index in [0.29, 0.717) is 17.7 Å². The minimum atomic E-state index is -0.367. The fourth-order valence-corrected chi connectivity index (χ4v) is 4.32. The number of epoxide rings is 1. The van der Waals surface area contributed by atoms with Gasteiger partial charge in [0.2, 0.25) is 5.91 Å². The van der Waals surface area contributed by atoms with Gasteiger partial charge in [0.05, 0.1) is 5.60 Å². The number of hydrogen-bond donors (Lipinski definition) is 1. The normalized spacial score (nSPS) is 32.6. The smallest absolute Gasteiger partial charge is 0.334 e. The number of benzene rings is 1. The number of rotatable bonds is 4. The molecule has 1 amide bonds. The molecule has 1 N–H and O–H groups in total. The van der Waals surface area contributed by atoms with E-state index in [9.17, 15) is 14.0 Å². The van der Waals surface area contributed by atoms with Crippen LogP contribution in [0.2, 0.25) is 0 Å². The zero-order valence-electron chi connectivity index (χ0n) is 17.0. The number of halogens is 1. The number of hydrogen-bond acceptors (Lipinski definition) is 4. The number of carbonyl (C=O) groups is 2. The van der Waals surface area contributed by atoms with Crippen molar-refractivity contribution in [2.75, 3.05) is 6.54 Å². The Kier molecular flexibility index (Phi) is 5.60. The summed E-state index contributed by atoms with van der Waals surface area (Å²) >= 11 is 0. The van der Waals surface area contributed by atoms with E-state index < -0.39 is 0 Å². The van der Waals surface area contributed by atoms with Crippen molar-refractivity contribution in [3.05, 3.63) is 65.5 Å². The third kappa shape index (κ3) is 4.24. The van der Waals surface area contributed by atoms with E-state index in [1.54, 1.807) is 18.2 Å². The van der Waals surface area contributed by atoms with Crippen LogP contribution in [0.5, 0.6) is 0 Å². The predicted octanol–water partition coefficient (Wildman–Crippen LogP) is 3.71. The molecule has 0 spiro atoms. The van der Waals surface area contributed by atoms with Crippen LogP contribution in [0.25, 0.3) is 6.08 Å². The average Bonchev–Trinajstić information content (AvgIpc) is 3.31. The molecule has 3 aliphatic rings. The number of nitrogens with one attached hydrogen (secondary N) is 1. The minimum Gasteiger partial charge on any atom is -0.455 e. The van der Waals surface area contributed by atoms with Crippen molar-refractivity contribution in [2.24, 2.45) is 5.92 Å². The van der Waals surface area contributed by atoms with Crippen molar-refractivity contribution >= 4 is 18.0 Å². The summed E-state index contributed by atoms with van der Waals surface area (Å²) < 4.78 is 25.1. The van der Waals surface area contributed by atoms with Crippen LogP contribution in [0.15, 0.2) is 54.1 Å². The largest absolute Gasteiger partial charge is 0.455 e. The Hall–Kier alpha value is -2.73. The first-order valence-corrected chi connectivity index (χ1v) is 10.3. The zero-order chi connectivity index (χ0) is 21.3. The van der Waals surface area contributed by atoms with Crippen LogP contribution in [-0.4, -0.2) is 36.2 Å². The van der Waals surface area contributed by atoms with Gasteiger partial charge in [-0.15, -0.1) is 0 Å². The van der Waals surface area contributed by atoms with Gasteiger partial charge in [-0.3, -0.25) is 4.79 Å². The molecule has 2 aliphatic heterocycles. The molecule has 2 saturated heterocycles. The topological polar surface area (TPSA) is 67.9 Å². The lowest BCUT2D eigenvalue weighted by molar-refractivity contribution is -0.140. The summed E-state index contributed by atoms with van der Waals surface area (Å²) in [5.74, 6) is -1.05. The maximum atomic E-state index is 13.7. The fraction of sp³-hybridized carbons (Fsp3) is 0.417. The Morgan fingerprint density at radius 2 is 2.20 bits per heavy atom. The van der Waals surface area contributed by atoms with Crippen LogP contribution in [0, 0.1) is 11.7 Å². The summed E-state index contributed by atoms with van der Waals surface area (Å²) in [4.78, 5) is 24.2. The standard InChI is InChI=1S/C24H26FNO4/c1-15-18-11-9-16(6-5-13-24(2)22(30-24)21(18)29-23(15)28)14-26-20(27)12-10-17-7-3-4-8-19(17)25/h3-4,6-8,10,12,18,21-22H,1,5,9,11,13-14H2,2H3,(H,26,27)/b12-10+,16-6+/t18-,21-,22-,24+/m0/s1. The summed E-state index contributed by atoms with van der Waals surface area (Å²) in [6, 6.07) is 6.30. The minimum absolute atomic E-state index is 0.0659. The van der Waals surface area contributed by atoms with Gasteiger partial charge in [0.15, 0.2) is 0 Å². The molecule has 0 bridgehead atoms. The quantitative estimate of drug-likeness (QED) is 0.355. The summed E-state index contributed by atoms with van der Waals surface area (Å²) in [6.45, 7) is 6.37. The molecule has 1 aromatic carbocycles. The lowest BCUT2D eigenvalue weighted by atomic mass is 9.84. The van der Waals surface area contributed by atoms with Gasteiger partial charge in [-0.2, -0.15) is 0 Å². The highest BCUT2D eigenvalue weighted by Gasteiger charge is 2.61. The second-order valence-electron chi connectivity index (χ2n) is 8.37. The zero-order valence-corrected chi connectivity index (χ0v) is 17.0. The molecule has 2 fully saturated rings. The third-order valence-corrected chi connectivity index (χ3v) is 6.25. The molecule has 2 heterocycles. The van der Waals surface area contributed by atoms with Gasteiger partial charge in [0, 0.05) is 29.7 Å². The Balaban J connectivity index is 1.38. The Morgan fingerprint density at radius 3 is 3.00 bits per heavy atom. The molecule has 4 atom stereocenters. The second-order valence-corrected chi connectivity index (χ2v) is 8.37. The van der Waals surface area contributed by atoms with E-state index in [0.717, 1.165) is 31.3 Å². The van der Waals surface area contributed by atoms with Gasteiger partial charge >= 0.3 is 5.97 Å². The van der Waals surface area contributed by atoms with Crippen molar-refractivity contribution in [1.29, 1.82) is 0 Å². The molecular weight excluding hydrogens is 385 g/mol. The molecule has 0 unspecified atom stereocenters. The van der Waals surface area contributed by atoms with Crippen LogP contribution >= 0.6 is 0 Å². The van der Waals surface area contributed by atoms with E-state index in [4.69, 9.17) is 9.47 Å². The average molecular weight is 411 g/mol. The van der Waals surface area contributed by atoms with Gasteiger partial charge in [-0.05, 0) is 44.7 Å². The molecule has 1 aromatic rings. The molecule has 6 heteroatoms. The highest BCUT2D eigenvalue weighted by molar-refractivity contribution is 5.92. The van der Waals surface area contributed by atoms with E-state index in [-0.39, 0.29) is 41.4 Å². The molecule has 0 saturated carbocycles. The SMILES string of the molecule is C=C1C(=O)O[C@H]2[C@H]1CC/C(CNC(=O)/C=C/c1ccccc1F)=C\CC[C@@]1(C)O[C@@H]21. The van der Waals surface area contributed by atoms with Crippen LogP contribution in [0.1, 0.15) is 38.2 Å². The number of ether oxygens (including phenoxy) is 2. The lowest BCUT2D eigenvalue weighted by Crippen LogP contribution is -2.29. The van der Waals surface area contributed by atoms with Gasteiger partial charge in [-0.25, -0.2) is 9.18 Å². The Bertz CT molecular complexity index is 937. The highest BCUT2D eigenvalue weighted by atomic mass is 19.1. The van der Waals surface area contributed by atoms with E-state index >= 15 is 0 Å². The fourth-order valence-electron chi connectivity index (χ4n) is 4.32. The molecule has 0 radical (unpaired) electrons. The van der Waals surface area contributed by atoms with E-state index in [1.807, 2.05) is 6.92 Å². The highest BCUT2D eigenvalue weighted by Crippen LogP contribution is 2.49. The van der Waals surface area contributed by atoms with Crippen LogP contribution in [-0.2, 0) is 19.1 Å². The number of carbonyl (C=O) groups excluding carboxylic acids is 2. The van der Waals surface area contributed by atoms with Crippen molar-refractivity contribution in [1.82, 2.24) is 5.32 Å². The summed E-state index contributed by atoms with van der Waals surface area (Å²) in [5, 5.41) is 2.87. The van der Waals surface area contributed by atoms with Crippen molar-refractivity contribution in [3.8, 4) is 0 Å². The summed E-state index contributed by atoms with van der Waals surface area (Å²) in [5.41, 5.74) is 1.69. The van der Waals surface area contributed by atoms with Gasteiger partial charge in [0.1, 0.15) is 18.0 Å². The predicted molar refractivity (Wildman–Crippen MR) is 111 cm³/mol. The maximum Gasteiger partial charge on any atom is 0.334 e. The Labute approximate surface area is 175 Å². The van der Waals surface area contributed by atoms with Gasteiger partial charge in [0.25, 0.3) is 0 Å². The molecule has 0 aromatic heterocycles. The summed E-state index contributed by atoms with van der Waals surface area (Å²) in [6.07, 6.45) is 7.72. The molecule has 30 heavy (non-hydrogen) atoms. The monoisotopic (exact) mass is 411 g/mol. The van der Waals surface area contributed by atoms with Crippen LogP contribution in [0.3, 0.4) is 0 Å². The second kappa shape index (κ2) is 8.19. The summed E-state index contributed by atoms with van der Waals surface area (Å²) in [7, 11) is 0. The van der Waals surface area contributed by atoms with E-state index in [2.05, 4.69) is 18.0 Å². The van der Waals surface area contributed by atoms with Crippen molar-refractivity contribution in [2.45, 2.75) is 50.4 Å². The first-order valence-electron chi connectivity index (χ1n) is 10.3. The number of fused-ring (bicyclic) bond motifs is 3. The number of amides is 1. The Morgan fingerprint density at radius 1 is 1.40 bits per heavy atom. The molecule has 5 nitrogen and oxygen atoms in total. The van der Waals surface area contributed by atoms with Gasteiger partial charge < -0.3 is 14.8 Å². The third-order valence-electron chi connectivity index (χ3n) is 6.25. The first-order chi connectivity index (χ1) is 14.4. The van der Waals surface area contributed by atoms with Crippen LogP contribution in [0.4, 0.5) is 4.39 Å². The molecule has 158 valence electrons. The van der Waals surface area contributed by atoms with Gasteiger partial charge in [-0.1, -0.05) is 36.4 Å². The van der Waals surface area contributed by atoms with Crippen molar-refractivity contribution < 1.29 is 23.5 Å². The number of allylic oxidation sites excluding steroid dienone is 1. The van der Waals surface area contributed by atoms with Crippen LogP contribution < -0.4 is 5.32 Å². The van der Waals surface area contributed by atoms with E-state index in [1.165, 1.54) is 18.2 Å². The molecular formula is C24H26FNO4. The first kappa shape index (κ1) is 20.5. The maximum absolute atomic E-state index is 13.7.